The van der Waals surface area contributed by atoms with E-state index in [1.165, 1.54) is 0 Å². The van der Waals surface area contributed by atoms with Gasteiger partial charge in [0.15, 0.2) is 17.0 Å². The molecular weight excluding hydrogens is 304 g/mol. The molecule has 7 heteroatoms. The van der Waals surface area contributed by atoms with Gasteiger partial charge in [-0.1, -0.05) is 18.2 Å². The minimum Gasteiger partial charge on any atom is -0.376 e. The zero-order valence-corrected chi connectivity index (χ0v) is 13.1. The van der Waals surface area contributed by atoms with Gasteiger partial charge in [-0.2, -0.15) is 9.97 Å². The maximum atomic E-state index is 5.63. The van der Waals surface area contributed by atoms with Crippen LogP contribution in [0.4, 0.5) is 17.5 Å². The van der Waals surface area contributed by atoms with E-state index in [0.29, 0.717) is 29.5 Å². The standard InChI is InChI=1S/C17H18N6O/c1-2-5-12(6-3-1)21-16-14-15(19-9-8-18-14)22-17(23-16)20-11-13-7-4-10-24-13/h1-3,5-6,8-9,13H,4,7,10-11H2,(H2,19,20,21,22,23)/t13-/m0/s1. The number of rotatable bonds is 5. The van der Waals surface area contributed by atoms with E-state index in [1.807, 2.05) is 30.3 Å². The van der Waals surface area contributed by atoms with Crippen LogP contribution < -0.4 is 10.6 Å². The first-order chi connectivity index (χ1) is 11.9. The Bertz CT molecular complexity index is 820. The summed E-state index contributed by atoms with van der Waals surface area (Å²) in [5, 5.41) is 6.54. The number of hydrogen-bond donors (Lipinski definition) is 2. The summed E-state index contributed by atoms with van der Waals surface area (Å²) in [6, 6.07) is 9.85. The Morgan fingerprint density at radius 2 is 1.96 bits per heavy atom. The van der Waals surface area contributed by atoms with Crippen LogP contribution in [0.2, 0.25) is 0 Å². The van der Waals surface area contributed by atoms with Gasteiger partial charge in [0.2, 0.25) is 5.95 Å². The molecule has 1 fully saturated rings. The molecule has 0 bridgehead atoms. The van der Waals surface area contributed by atoms with E-state index in [2.05, 4.69) is 30.6 Å². The predicted molar refractivity (Wildman–Crippen MR) is 92.3 cm³/mol. The number of hydrogen-bond acceptors (Lipinski definition) is 7. The number of benzene rings is 1. The summed E-state index contributed by atoms with van der Waals surface area (Å²) in [6.07, 6.45) is 5.66. The first-order valence-electron chi connectivity index (χ1n) is 8.05. The molecule has 1 aliphatic heterocycles. The molecule has 0 saturated carbocycles. The molecule has 0 radical (unpaired) electrons. The van der Waals surface area contributed by atoms with E-state index in [4.69, 9.17) is 4.74 Å². The summed E-state index contributed by atoms with van der Waals surface area (Å²) < 4.78 is 5.63. The van der Waals surface area contributed by atoms with Crippen molar-refractivity contribution in [2.45, 2.75) is 18.9 Å². The first-order valence-corrected chi connectivity index (χ1v) is 8.05. The molecule has 1 atom stereocenters. The fraction of sp³-hybridized carbons (Fsp3) is 0.294. The van der Waals surface area contributed by atoms with Crippen molar-refractivity contribution in [3.05, 3.63) is 42.7 Å². The van der Waals surface area contributed by atoms with Crippen LogP contribution in [0.25, 0.3) is 11.2 Å². The van der Waals surface area contributed by atoms with Gasteiger partial charge in [0.1, 0.15) is 0 Å². The lowest BCUT2D eigenvalue weighted by molar-refractivity contribution is 0.120. The monoisotopic (exact) mass is 322 g/mol. The molecule has 0 spiro atoms. The van der Waals surface area contributed by atoms with Crippen molar-refractivity contribution < 1.29 is 4.74 Å². The van der Waals surface area contributed by atoms with Gasteiger partial charge in [0.05, 0.1) is 6.10 Å². The lowest BCUT2D eigenvalue weighted by Gasteiger charge is -2.13. The lowest BCUT2D eigenvalue weighted by Crippen LogP contribution is -2.20. The minimum atomic E-state index is 0.219. The van der Waals surface area contributed by atoms with Gasteiger partial charge in [0, 0.05) is 31.2 Å². The second kappa shape index (κ2) is 6.76. The van der Waals surface area contributed by atoms with Crippen LogP contribution in [0.5, 0.6) is 0 Å². The molecule has 1 aliphatic rings. The average molecular weight is 322 g/mol. The molecule has 0 aliphatic carbocycles. The average Bonchev–Trinajstić information content (AvgIpc) is 3.14. The fourth-order valence-corrected chi connectivity index (χ4v) is 2.70. The highest BCUT2D eigenvalue weighted by Gasteiger charge is 2.16. The number of para-hydroxylation sites is 1. The second-order valence-electron chi connectivity index (χ2n) is 5.63. The molecule has 2 N–H and O–H groups in total. The van der Waals surface area contributed by atoms with Gasteiger partial charge in [-0.15, -0.1) is 0 Å². The molecule has 0 amide bonds. The van der Waals surface area contributed by atoms with Crippen LogP contribution in [-0.4, -0.2) is 39.2 Å². The topological polar surface area (TPSA) is 84.9 Å². The van der Waals surface area contributed by atoms with Gasteiger partial charge < -0.3 is 15.4 Å². The highest BCUT2D eigenvalue weighted by Crippen LogP contribution is 2.22. The van der Waals surface area contributed by atoms with Crippen LogP contribution in [0, 0.1) is 0 Å². The molecule has 24 heavy (non-hydrogen) atoms. The molecule has 2 aromatic heterocycles. The summed E-state index contributed by atoms with van der Waals surface area (Å²) in [5.74, 6) is 1.16. The van der Waals surface area contributed by atoms with Crippen molar-refractivity contribution in [1.82, 2.24) is 19.9 Å². The number of nitrogens with zero attached hydrogens (tertiary/aromatic N) is 4. The van der Waals surface area contributed by atoms with Crippen LogP contribution in [0.15, 0.2) is 42.7 Å². The largest absolute Gasteiger partial charge is 0.376 e. The molecular formula is C17H18N6O. The third-order valence-corrected chi connectivity index (χ3v) is 3.88. The Hall–Kier alpha value is -2.80. The van der Waals surface area contributed by atoms with Crippen LogP contribution in [0.1, 0.15) is 12.8 Å². The summed E-state index contributed by atoms with van der Waals surface area (Å²) in [5.41, 5.74) is 2.14. The number of nitrogens with one attached hydrogen (secondary N) is 2. The molecule has 3 aromatic rings. The quantitative estimate of drug-likeness (QED) is 0.747. The lowest BCUT2D eigenvalue weighted by atomic mass is 10.2. The van der Waals surface area contributed by atoms with E-state index < -0.39 is 0 Å². The smallest absolute Gasteiger partial charge is 0.226 e. The zero-order chi connectivity index (χ0) is 16.2. The minimum absolute atomic E-state index is 0.219. The Labute approximate surface area is 139 Å². The molecule has 1 aromatic carbocycles. The van der Waals surface area contributed by atoms with Gasteiger partial charge in [-0.25, -0.2) is 9.97 Å². The molecule has 4 rings (SSSR count). The first kappa shape index (κ1) is 14.8. The predicted octanol–water partition coefficient (Wildman–Crippen LogP) is 2.75. The zero-order valence-electron chi connectivity index (χ0n) is 13.1. The van der Waals surface area contributed by atoms with Gasteiger partial charge >= 0.3 is 0 Å². The van der Waals surface area contributed by atoms with Crippen molar-refractivity contribution >= 4 is 28.6 Å². The van der Waals surface area contributed by atoms with E-state index in [0.717, 1.165) is 25.1 Å². The van der Waals surface area contributed by atoms with Crippen molar-refractivity contribution in [2.75, 3.05) is 23.8 Å². The molecule has 122 valence electrons. The fourth-order valence-electron chi connectivity index (χ4n) is 2.70. The van der Waals surface area contributed by atoms with E-state index >= 15 is 0 Å². The Kier molecular flexibility index (Phi) is 4.16. The van der Waals surface area contributed by atoms with E-state index in [9.17, 15) is 0 Å². The summed E-state index contributed by atoms with van der Waals surface area (Å²) in [7, 11) is 0. The maximum Gasteiger partial charge on any atom is 0.226 e. The molecule has 3 heterocycles. The molecule has 0 unspecified atom stereocenters. The SMILES string of the molecule is c1ccc(Nc2nc(NC[C@@H]3CCCO3)nc3nccnc23)cc1. The van der Waals surface area contributed by atoms with Gasteiger partial charge in [0.25, 0.3) is 0 Å². The van der Waals surface area contributed by atoms with Crippen LogP contribution in [-0.2, 0) is 4.74 Å². The highest BCUT2D eigenvalue weighted by atomic mass is 16.5. The highest BCUT2D eigenvalue weighted by molar-refractivity contribution is 5.85. The Morgan fingerprint density at radius 3 is 2.79 bits per heavy atom. The van der Waals surface area contributed by atoms with E-state index in [1.54, 1.807) is 12.4 Å². The molecule has 7 nitrogen and oxygen atoms in total. The van der Waals surface area contributed by atoms with Crippen molar-refractivity contribution in [3.8, 4) is 0 Å². The third kappa shape index (κ3) is 3.26. The third-order valence-electron chi connectivity index (χ3n) is 3.88. The second-order valence-corrected chi connectivity index (χ2v) is 5.63. The summed E-state index contributed by atoms with van der Waals surface area (Å²) >= 11 is 0. The summed E-state index contributed by atoms with van der Waals surface area (Å²) in [4.78, 5) is 17.7. The van der Waals surface area contributed by atoms with Crippen molar-refractivity contribution in [1.29, 1.82) is 0 Å². The van der Waals surface area contributed by atoms with Crippen LogP contribution in [0.3, 0.4) is 0 Å². The number of fused-ring (bicyclic) bond motifs is 1. The maximum absolute atomic E-state index is 5.63. The Morgan fingerprint density at radius 1 is 1.08 bits per heavy atom. The van der Waals surface area contributed by atoms with Crippen LogP contribution >= 0.6 is 0 Å². The molecule has 1 saturated heterocycles. The Balaban J connectivity index is 1.62. The van der Waals surface area contributed by atoms with Crippen molar-refractivity contribution in [2.24, 2.45) is 0 Å². The van der Waals surface area contributed by atoms with Gasteiger partial charge in [-0.3, -0.25) is 0 Å². The number of aromatic nitrogens is 4. The number of anilines is 3. The summed E-state index contributed by atoms with van der Waals surface area (Å²) in [6.45, 7) is 1.52. The van der Waals surface area contributed by atoms with Crippen molar-refractivity contribution in [3.63, 3.8) is 0 Å². The normalized spacial score (nSPS) is 17.1. The van der Waals surface area contributed by atoms with E-state index in [-0.39, 0.29) is 6.10 Å². The van der Waals surface area contributed by atoms with Gasteiger partial charge in [-0.05, 0) is 25.0 Å². The number of ether oxygens (including phenoxy) is 1.